The van der Waals surface area contributed by atoms with Crippen LogP contribution < -0.4 is 10.1 Å². The van der Waals surface area contributed by atoms with Crippen LogP contribution in [0.15, 0.2) is 6.07 Å². The van der Waals surface area contributed by atoms with Crippen LogP contribution in [0.4, 0.5) is 5.82 Å². The van der Waals surface area contributed by atoms with Gasteiger partial charge in [-0.25, -0.2) is 4.98 Å². The molecule has 21 heavy (non-hydrogen) atoms. The third-order valence-electron chi connectivity index (χ3n) is 3.44. The van der Waals surface area contributed by atoms with E-state index >= 15 is 0 Å². The van der Waals surface area contributed by atoms with E-state index in [1.54, 1.807) is 0 Å². The Kier molecular flexibility index (Phi) is 8.74. The van der Waals surface area contributed by atoms with E-state index in [0.29, 0.717) is 5.88 Å². The monoisotopic (exact) mass is 294 g/mol. The largest absolute Gasteiger partial charge is 0.478 e. The number of nitrogens with one attached hydrogen (secondary N) is 1. The lowest BCUT2D eigenvalue weighted by Gasteiger charge is -2.18. The van der Waals surface area contributed by atoms with Gasteiger partial charge in [0.1, 0.15) is 11.6 Å². The zero-order valence-corrected chi connectivity index (χ0v) is 14.0. The van der Waals surface area contributed by atoms with E-state index in [4.69, 9.17) is 4.74 Å². The van der Waals surface area contributed by atoms with E-state index in [2.05, 4.69) is 47.9 Å². The van der Waals surface area contributed by atoms with E-state index in [9.17, 15) is 0 Å². The molecule has 1 aromatic heterocycles. The Morgan fingerprint density at radius 1 is 1.14 bits per heavy atom. The van der Waals surface area contributed by atoms with Crippen molar-refractivity contribution in [3.8, 4) is 5.88 Å². The van der Waals surface area contributed by atoms with Crippen molar-refractivity contribution < 1.29 is 4.74 Å². The predicted molar refractivity (Wildman–Crippen MR) is 88.1 cm³/mol. The first-order chi connectivity index (χ1) is 10.2. The molecule has 0 bridgehead atoms. The van der Waals surface area contributed by atoms with Crippen LogP contribution >= 0.6 is 0 Å². The minimum Gasteiger partial charge on any atom is -0.478 e. The summed E-state index contributed by atoms with van der Waals surface area (Å²) in [5.74, 6) is 2.37. The number of aryl methyl sites for hydroxylation is 1. The van der Waals surface area contributed by atoms with Gasteiger partial charge in [-0.2, -0.15) is 4.98 Å². The van der Waals surface area contributed by atoms with Crippen LogP contribution in [-0.4, -0.2) is 47.7 Å². The fourth-order valence-electron chi connectivity index (χ4n) is 2.00. The second-order valence-electron chi connectivity index (χ2n) is 5.02. The maximum absolute atomic E-state index is 5.70. The highest BCUT2D eigenvalue weighted by atomic mass is 16.5. The number of likely N-dealkylation sites (N-methyl/N-ethyl adjacent to an activating group) is 1. The van der Waals surface area contributed by atoms with E-state index < -0.39 is 0 Å². The van der Waals surface area contributed by atoms with E-state index in [0.717, 1.165) is 63.7 Å². The van der Waals surface area contributed by atoms with Crippen LogP contribution in [-0.2, 0) is 6.42 Å². The minimum atomic E-state index is 0.681. The number of unbranched alkanes of at least 4 members (excludes halogenated alkanes) is 1. The number of hydrogen-bond acceptors (Lipinski definition) is 5. The van der Waals surface area contributed by atoms with Crippen molar-refractivity contribution in [2.75, 3.05) is 38.1 Å². The summed E-state index contributed by atoms with van der Waals surface area (Å²) in [4.78, 5) is 11.3. The highest BCUT2D eigenvalue weighted by Crippen LogP contribution is 2.14. The summed E-state index contributed by atoms with van der Waals surface area (Å²) in [5, 5.41) is 3.38. The van der Waals surface area contributed by atoms with E-state index in [-0.39, 0.29) is 0 Å². The van der Waals surface area contributed by atoms with Gasteiger partial charge in [-0.05, 0) is 19.5 Å². The Hall–Kier alpha value is -1.36. The van der Waals surface area contributed by atoms with Crippen molar-refractivity contribution in [2.24, 2.45) is 0 Å². The molecule has 0 aliphatic carbocycles. The summed E-state index contributed by atoms with van der Waals surface area (Å²) in [5.41, 5.74) is 0. The second-order valence-corrected chi connectivity index (χ2v) is 5.02. The molecule has 0 atom stereocenters. The molecule has 5 nitrogen and oxygen atoms in total. The smallest absolute Gasteiger partial charge is 0.218 e. The topological polar surface area (TPSA) is 50.3 Å². The van der Waals surface area contributed by atoms with Crippen molar-refractivity contribution in [1.82, 2.24) is 14.9 Å². The molecule has 1 aromatic rings. The van der Waals surface area contributed by atoms with Gasteiger partial charge in [-0.1, -0.05) is 34.1 Å². The van der Waals surface area contributed by atoms with Crippen LogP contribution in [0.1, 0.15) is 46.4 Å². The van der Waals surface area contributed by atoms with Crippen molar-refractivity contribution in [1.29, 1.82) is 0 Å². The highest BCUT2D eigenvalue weighted by molar-refractivity contribution is 5.38. The molecule has 0 saturated carbocycles. The zero-order chi connectivity index (χ0) is 15.5. The van der Waals surface area contributed by atoms with Crippen LogP contribution in [0.3, 0.4) is 0 Å². The molecule has 0 aliphatic rings. The Bertz CT molecular complexity index is 394. The molecule has 0 radical (unpaired) electrons. The fraction of sp³-hybridized carbons (Fsp3) is 0.750. The lowest BCUT2D eigenvalue weighted by atomic mass is 10.4. The summed E-state index contributed by atoms with van der Waals surface area (Å²) < 4.78 is 5.70. The van der Waals surface area contributed by atoms with Gasteiger partial charge in [0, 0.05) is 25.6 Å². The van der Waals surface area contributed by atoms with Crippen molar-refractivity contribution in [3.63, 3.8) is 0 Å². The van der Waals surface area contributed by atoms with Gasteiger partial charge in [0.25, 0.3) is 0 Å². The Morgan fingerprint density at radius 3 is 2.52 bits per heavy atom. The first kappa shape index (κ1) is 17.7. The van der Waals surface area contributed by atoms with Crippen molar-refractivity contribution >= 4 is 5.82 Å². The number of aromatic nitrogens is 2. The summed E-state index contributed by atoms with van der Waals surface area (Å²) in [7, 11) is 0. The van der Waals surface area contributed by atoms with E-state index in [1.165, 1.54) is 0 Å². The molecule has 0 fully saturated rings. The van der Waals surface area contributed by atoms with Gasteiger partial charge in [0.15, 0.2) is 0 Å². The van der Waals surface area contributed by atoms with Crippen LogP contribution in [0.2, 0.25) is 0 Å². The summed E-state index contributed by atoms with van der Waals surface area (Å²) in [6, 6.07) is 1.90. The van der Waals surface area contributed by atoms with Gasteiger partial charge in [0.2, 0.25) is 5.88 Å². The molecule has 120 valence electrons. The van der Waals surface area contributed by atoms with Gasteiger partial charge < -0.3 is 15.0 Å². The molecule has 0 aromatic carbocycles. The molecule has 1 N–H and O–H groups in total. The third kappa shape index (κ3) is 6.76. The molecule has 0 aliphatic heterocycles. The van der Waals surface area contributed by atoms with Crippen molar-refractivity contribution in [3.05, 3.63) is 11.9 Å². The molecule has 0 amide bonds. The average Bonchev–Trinajstić information content (AvgIpc) is 2.51. The lowest BCUT2D eigenvalue weighted by Crippen LogP contribution is -2.28. The van der Waals surface area contributed by atoms with Crippen molar-refractivity contribution in [2.45, 2.75) is 47.0 Å². The maximum atomic E-state index is 5.70. The second kappa shape index (κ2) is 10.4. The molecule has 1 heterocycles. The third-order valence-corrected chi connectivity index (χ3v) is 3.44. The Balaban J connectivity index is 2.57. The lowest BCUT2D eigenvalue weighted by molar-refractivity contribution is 0.296. The van der Waals surface area contributed by atoms with Gasteiger partial charge in [0.05, 0.1) is 6.61 Å². The van der Waals surface area contributed by atoms with Gasteiger partial charge in [-0.15, -0.1) is 0 Å². The average molecular weight is 294 g/mol. The zero-order valence-electron chi connectivity index (χ0n) is 14.0. The van der Waals surface area contributed by atoms with Crippen LogP contribution in [0.5, 0.6) is 5.88 Å². The Labute approximate surface area is 129 Å². The predicted octanol–water partition coefficient (Wildman–Crippen LogP) is 2.97. The summed E-state index contributed by atoms with van der Waals surface area (Å²) in [6.07, 6.45) is 2.99. The number of nitrogens with zero attached hydrogens (tertiary/aromatic N) is 3. The molecule has 0 saturated heterocycles. The molecule has 1 rings (SSSR count). The molecule has 0 spiro atoms. The molecule has 0 unspecified atom stereocenters. The minimum absolute atomic E-state index is 0.681. The first-order valence-electron chi connectivity index (χ1n) is 8.20. The normalized spacial score (nSPS) is 10.9. The first-order valence-corrected chi connectivity index (χ1v) is 8.20. The Morgan fingerprint density at radius 2 is 1.90 bits per heavy atom. The SMILES string of the molecule is CCCCOc1cc(NCCN(CC)CC)nc(CC)n1. The van der Waals surface area contributed by atoms with Crippen LogP contribution in [0, 0.1) is 0 Å². The number of ether oxygens (including phenoxy) is 1. The standard InChI is InChI=1S/C16H30N4O/c1-5-9-12-21-16-13-15(18-14(6-2)19-16)17-10-11-20(7-3)8-4/h13H,5-12H2,1-4H3,(H,17,18,19). The van der Waals surface area contributed by atoms with Gasteiger partial charge >= 0.3 is 0 Å². The fourth-order valence-corrected chi connectivity index (χ4v) is 2.00. The van der Waals surface area contributed by atoms with Crippen LogP contribution in [0.25, 0.3) is 0 Å². The summed E-state index contributed by atoms with van der Waals surface area (Å²) >= 11 is 0. The maximum Gasteiger partial charge on any atom is 0.218 e. The van der Waals surface area contributed by atoms with E-state index in [1.807, 2.05) is 6.07 Å². The number of anilines is 1. The van der Waals surface area contributed by atoms with Gasteiger partial charge in [-0.3, -0.25) is 0 Å². The highest BCUT2D eigenvalue weighted by Gasteiger charge is 2.05. The molecular weight excluding hydrogens is 264 g/mol. The number of rotatable bonds is 11. The molecular formula is C16H30N4O. The quantitative estimate of drug-likeness (QED) is 0.636. The number of hydrogen-bond donors (Lipinski definition) is 1. The molecule has 5 heteroatoms. The summed E-state index contributed by atoms with van der Waals surface area (Å²) in [6.45, 7) is 13.4.